The summed E-state index contributed by atoms with van der Waals surface area (Å²) in [7, 11) is 0. The number of hydrogen-bond donors (Lipinski definition) is 2. The maximum Gasteiger partial charge on any atom is 0.231 e. The van der Waals surface area contributed by atoms with Crippen molar-refractivity contribution in [2.75, 3.05) is 13.4 Å². The van der Waals surface area contributed by atoms with Gasteiger partial charge in [-0.05, 0) is 11.6 Å². The van der Waals surface area contributed by atoms with Gasteiger partial charge in [-0.25, -0.2) is 0 Å². The zero-order valence-electron chi connectivity index (χ0n) is 11.1. The van der Waals surface area contributed by atoms with Gasteiger partial charge in [-0.15, -0.1) is 0 Å². The van der Waals surface area contributed by atoms with Crippen molar-refractivity contribution < 1.29 is 14.6 Å². The van der Waals surface area contributed by atoms with E-state index in [0.717, 1.165) is 22.6 Å². The van der Waals surface area contributed by atoms with E-state index in [1.807, 2.05) is 48.5 Å². The summed E-state index contributed by atoms with van der Waals surface area (Å²) < 4.78 is 10.8. The van der Waals surface area contributed by atoms with E-state index in [-0.39, 0.29) is 19.4 Å². The van der Waals surface area contributed by atoms with Crippen LogP contribution in [0.1, 0.15) is 17.2 Å². The molecular formula is C16H17NO3. The molecule has 104 valence electrons. The van der Waals surface area contributed by atoms with E-state index in [0.29, 0.717) is 6.54 Å². The lowest BCUT2D eigenvalue weighted by atomic mass is 10.1. The maximum absolute atomic E-state index is 9.53. The van der Waals surface area contributed by atoms with Gasteiger partial charge in [-0.1, -0.05) is 42.5 Å². The molecule has 0 saturated carbocycles. The molecule has 0 aliphatic carbocycles. The third-order valence-electron chi connectivity index (χ3n) is 3.40. The SMILES string of the molecule is OC[C@H](NCc1cccc2c1OCO2)c1ccccc1. The van der Waals surface area contributed by atoms with E-state index >= 15 is 0 Å². The summed E-state index contributed by atoms with van der Waals surface area (Å²) >= 11 is 0. The average molecular weight is 271 g/mol. The number of fused-ring (bicyclic) bond motifs is 1. The minimum atomic E-state index is -0.0885. The van der Waals surface area contributed by atoms with E-state index in [9.17, 15) is 5.11 Å². The minimum Gasteiger partial charge on any atom is -0.454 e. The lowest BCUT2D eigenvalue weighted by molar-refractivity contribution is 0.173. The molecule has 0 fully saturated rings. The summed E-state index contributed by atoms with van der Waals surface area (Å²) in [5, 5.41) is 12.9. The summed E-state index contributed by atoms with van der Waals surface area (Å²) in [4.78, 5) is 0. The molecule has 1 aliphatic rings. The van der Waals surface area contributed by atoms with Gasteiger partial charge in [-0.3, -0.25) is 0 Å². The Balaban J connectivity index is 1.71. The van der Waals surface area contributed by atoms with Gasteiger partial charge in [0, 0.05) is 12.1 Å². The molecule has 0 unspecified atom stereocenters. The van der Waals surface area contributed by atoms with Gasteiger partial charge in [0.1, 0.15) is 0 Å². The van der Waals surface area contributed by atoms with E-state index in [2.05, 4.69) is 5.32 Å². The molecule has 2 aromatic rings. The van der Waals surface area contributed by atoms with Crippen LogP contribution in [0.15, 0.2) is 48.5 Å². The number of hydrogen-bond acceptors (Lipinski definition) is 4. The highest BCUT2D eigenvalue weighted by Crippen LogP contribution is 2.35. The van der Waals surface area contributed by atoms with Crippen LogP contribution in [0, 0.1) is 0 Å². The lowest BCUT2D eigenvalue weighted by Crippen LogP contribution is -2.24. The molecule has 2 N–H and O–H groups in total. The van der Waals surface area contributed by atoms with Crippen LogP contribution in [0.5, 0.6) is 11.5 Å². The fourth-order valence-corrected chi connectivity index (χ4v) is 2.34. The largest absolute Gasteiger partial charge is 0.454 e. The van der Waals surface area contributed by atoms with Crippen molar-refractivity contribution in [1.29, 1.82) is 0 Å². The van der Waals surface area contributed by atoms with Crippen molar-refractivity contribution >= 4 is 0 Å². The van der Waals surface area contributed by atoms with Gasteiger partial charge < -0.3 is 19.9 Å². The Labute approximate surface area is 118 Å². The summed E-state index contributed by atoms with van der Waals surface area (Å²) in [6, 6.07) is 15.7. The fourth-order valence-electron chi connectivity index (χ4n) is 2.34. The van der Waals surface area contributed by atoms with E-state index in [1.54, 1.807) is 0 Å². The Morgan fingerprint density at radius 3 is 2.70 bits per heavy atom. The van der Waals surface area contributed by atoms with Gasteiger partial charge in [-0.2, -0.15) is 0 Å². The first kappa shape index (κ1) is 13.0. The van der Waals surface area contributed by atoms with Crippen molar-refractivity contribution in [3.8, 4) is 11.5 Å². The van der Waals surface area contributed by atoms with Crippen LogP contribution in [-0.4, -0.2) is 18.5 Å². The molecule has 4 nitrogen and oxygen atoms in total. The van der Waals surface area contributed by atoms with Gasteiger partial charge in [0.2, 0.25) is 6.79 Å². The molecule has 2 aromatic carbocycles. The summed E-state index contributed by atoms with van der Waals surface area (Å²) in [5.41, 5.74) is 2.11. The zero-order valence-corrected chi connectivity index (χ0v) is 11.1. The highest BCUT2D eigenvalue weighted by molar-refractivity contribution is 5.48. The van der Waals surface area contributed by atoms with E-state index in [1.165, 1.54) is 0 Å². The Hall–Kier alpha value is -2.04. The first-order chi connectivity index (χ1) is 9.88. The average Bonchev–Trinajstić information content (AvgIpc) is 2.98. The monoisotopic (exact) mass is 271 g/mol. The van der Waals surface area contributed by atoms with Gasteiger partial charge in [0.25, 0.3) is 0 Å². The van der Waals surface area contributed by atoms with E-state index < -0.39 is 0 Å². The number of benzene rings is 2. The third-order valence-corrected chi connectivity index (χ3v) is 3.40. The molecule has 4 heteroatoms. The number of aliphatic hydroxyl groups is 1. The number of ether oxygens (including phenoxy) is 2. The van der Waals surface area contributed by atoms with Crippen molar-refractivity contribution in [3.63, 3.8) is 0 Å². The van der Waals surface area contributed by atoms with Crippen LogP contribution >= 0.6 is 0 Å². The second-order valence-electron chi connectivity index (χ2n) is 4.68. The van der Waals surface area contributed by atoms with Crippen molar-refractivity contribution in [2.24, 2.45) is 0 Å². The first-order valence-electron chi connectivity index (χ1n) is 6.65. The van der Waals surface area contributed by atoms with Crippen molar-refractivity contribution in [3.05, 3.63) is 59.7 Å². The van der Waals surface area contributed by atoms with Crippen molar-refractivity contribution in [1.82, 2.24) is 5.32 Å². The molecule has 0 spiro atoms. The zero-order chi connectivity index (χ0) is 13.8. The minimum absolute atomic E-state index is 0.0520. The summed E-state index contributed by atoms with van der Waals surface area (Å²) in [6.45, 7) is 0.942. The topological polar surface area (TPSA) is 50.7 Å². The van der Waals surface area contributed by atoms with Crippen LogP contribution < -0.4 is 14.8 Å². The molecule has 20 heavy (non-hydrogen) atoms. The second kappa shape index (κ2) is 5.94. The molecule has 3 rings (SSSR count). The fraction of sp³-hybridized carbons (Fsp3) is 0.250. The number of rotatable bonds is 5. The molecule has 1 heterocycles. The highest BCUT2D eigenvalue weighted by atomic mass is 16.7. The van der Waals surface area contributed by atoms with Gasteiger partial charge in [0.05, 0.1) is 12.6 Å². The number of aliphatic hydroxyl groups excluding tert-OH is 1. The van der Waals surface area contributed by atoms with Crippen LogP contribution in [0.3, 0.4) is 0 Å². The predicted molar refractivity (Wildman–Crippen MR) is 75.7 cm³/mol. The molecule has 0 amide bonds. The van der Waals surface area contributed by atoms with Crippen LogP contribution in [0.2, 0.25) is 0 Å². The van der Waals surface area contributed by atoms with Gasteiger partial charge >= 0.3 is 0 Å². The molecule has 1 aliphatic heterocycles. The predicted octanol–water partition coefficient (Wildman–Crippen LogP) is 2.24. The maximum atomic E-state index is 9.53. The standard InChI is InChI=1S/C16H17NO3/c18-10-14(12-5-2-1-3-6-12)17-9-13-7-4-8-15-16(13)20-11-19-15/h1-8,14,17-18H,9-11H2/t14-/m0/s1. The molecule has 0 radical (unpaired) electrons. The van der Waals surface area contributed by atoms with Gasteiger partial charge in [0.15, 0.2) is 11.5 Å². The molecule has 0 bridgehead atoms. The smallest absolute Gasteiger partial charge is 0.231 e. The number of nitrogens with one attached hydrogen (secondary N) is 1. The quantitative estimate of drug-likeness (QED) is 0.875. The van der Waals surface area contributed by atoms with Crippen LogP contribution in [0.25, 0.3) is 0 Å². The van der Waals surface area contributed by atoms with Crippen molar-refractivity contribution in [2.45, 2.75) is 12.6 Å². The number of para-hydroxylation sites is 1. The molecule has 1 atom stereocenters. The normalized spacial score (nSPS) is 14.2. The lowest BCUT2D eigenvalue weighted by Gasteiger charge is -2.17. The molecular weight excluding hydrogens is 254 g/mol. The second-order valence-corrected chi connectivity index (χ2v) is 4.68. The Morgan fingerprint density at radius 2 is 1.90 bits per heavy atom. The van der Waals surface area contributed by atoms with E-state index in [4.69, 9.17) is 9.47 Å². The molecule has 0 aromatic heterocycles. The summed E-state index contributed by atoms with van der Waals surface area (Å²) in [6.07, 6.45) is 0. The van der Waals surface area contributed by atoms with Crippen LogP contribution in [0.4, 0.5) is 0 Å². The van der Waals surface area contributed by atoms with Crippen LogP contribution in [-0.2, 0) is 6.54 Å². The first-order valence-corrected chi connectivity index (χ1v) is 6.65. The summed E-state index contributed by atoms with van der Waals surface area (Å²) in [5.74, 6) is 1.58. The Morgan fingerprint density at radius 1 is 1.05 bits per heavy atom. The third kappa shape index (κ3) is 2.61. The Bertz CT molecular complexity index is 571. The molecule has 0 saturated heterocycles. The Kier molecular flexibility index (Phi) is 3.85. The highest BCUT2D eigenvalue weighted by Gasteiger charge is 2.18.